The third-order valence-electron chi connectivity index (χ3n) is 3.15. The van der Waals surface area contributed by atoms with Crippen LogP contribution in [-0.2, 0) is 4.79 Å². The molecule has 4 nitrogen and oxygen atoms in total. The summed E-state index contributed by atoms with van der Waals surface area (Å²) in [6, 6.07) is 10.9. The van der Waals surface area contributed by atoms with Gasteiger partial charge < -0.3 is 9.73 Å². The standard InChI is InChI=1S/C17H11Cl2FN2O2S/c18-11-3-1-10(2-4-11)15-8-21-17(24-15)25-9-16(23)22-14-6-5-12(20)7-13(14)19/h1-8H,9H2,(H,22,23). The number of anilines is 1. The van der Waals surface area contributed by atoms with Crippen molar-refractivity contribution in [1.82, 2.24) is 4.98 Å². The van der Waals surface area contributed by atoms with Crippen LogP contribution in [0.3, 0.4) is 0 Å². The molecule has 0 aliphatic heterocycles. The Bertz CT molecular complexity index is 900. The minimum Gasteiger partial charge on any atom is -0.431 e. The predicted octanol–water partition coefficient (Wildman–Crippen LogP) is 5.52. The normalized spacial score (nSPS) is 10.7. The third kappa shape index (κ3) is 4.75. The Morgan fingerprint density at radius 3 is 2.68 bits per heavy atom. The van der Waals surface area contributed by atoms with Crippen LogP contribution in [0.1, 0.15) is 0 Å². The second-order valence-electron chi connectivity index (χ2n) is 4.96. The lowest BCUT2D eigenvalue weighted by molar-refractivity contribution is -0.113. The number of nitrogens with one attached hydrogen (secondary N) is 1. The molecule has 1 amide bonds. The summed E-state index contributed by atoms with van der Waals surface area (Å²) in [6.07, 6.45) is 1.58. The van der Waals surface area contributed by atoms with Crippen LogP contribution in [0.2, 0.25) is 10.0 Å². The van der Waals surface area contributed by atoms with Gasteiger partial charge in [-0.2, -0.15) is 0 Å². The highest BCUT2D eigenvalue weighted by Crippen LogP contribution is 2.27. The van der Waals surface area contributed by atoms with E-state index in [1.165, 1.54) is 12.1 Å². The Labute approximate surface area is 157 Å². The molecule has 0 saturated carbocycles. The van der Waals surface area contributed by atoms with Gasteiger partial charge in [-0.25, -0.2) is 9.37 Å². The molecule has 0 fully saturated rings. The number of carbonyl (C=O) groups is 1. The maximum Gasteiger partial charge on any atom is 0.256 e. The molecular formula is C17H11Cl2FN2O2S. The Morgan fingerprint density at radius 1 is 1.20 bits per heavy atom. The molecule has 8 heteroatoms. The quantitative estimate of drug-likeness (QED) is 0.576. The van der Waals surface area contributed by atoms with Crippen molar-refractivity contribution in [3.8, 4) is 11.3 Å². The average molecular weight is 397 g/mol. The van der Waals surface area contributed by atoms with E-state index in [1.54, 1.807) is 18.3 Å². The van der Waals surface area contributed by atoms with Gasteiger partial charge in [0, 0.05) is 10.6 Å². The van der Waals surface area contributed by atoms with E-state index in [0.29, 0.717) is 21.7 Å². The van der Waals surface area contributed by atoms with Gasteiger partial charge in [0.15, 0.2) is 5.76 Å². The fourth-order valence-corrected chi connectivity index (χ4v) is 2.92. The zero-order valence-electron chi connectivity index (χ0n) is 12.6. The summed E-state index contributed by atoms with van der Waals surface area (Å²) in [4.78, 5) is 16.1. The van der Waals surface area contributed by atoms with Crippen molar-refractivity contribution in [1.29, 1.82) is 0 Å². The number of thioether (sulfide) groups is 1. The Balaban J connectivity index is 1.58. The van der Waals surface area contributed by atoms with Crippen molar-refractivity contribution in [3.05, 3.63) is 64.5 Å². The van der Waals surface area contributed by atoms with E-state index in [9.17, 15) is 9.18 Å². The lowest BCUT2D eigenvalue weighted by atomic mass is 10.2. The SMILES string of the molecule is O=C(CSc1ncc(-c2ccc(Cl)cc2)o1)Nc1ccc(F)cc1Cl. The minimum atomic E-state index is -0.466. The number of oxazole rings is 1. The van der Waals surface area contributed by atoms with Crippen molar-refractivity contribution in [3.63, 3.8) is 0 Å². The van der Waals surface area contributed by atoms with Crippen LogP contribution < -0.4 is 5.32 Å². The molecule has 1 aromatic heterocycles. The van der Waals surface area contributed by atoms with E-state index >= 15 is 0 Å². The summed E-state index contributed by atoms with van der Waals surface area (Å²) >= 11 is 12.9. The summed E-state index contributed by atoms with van der Waals surface area (Å²) in [6.45, 7) is 0. The first-order chi connectivity index (χ1) is 12.0. The Hall–Kier alpha value is -2.02. The summed E-state index contributed by atoms with van der Waals surface area (Å²) in [5.41, 5.74) is 1.19. The highest BCUT2D eigenvalue weighted by Gasteiger charge is 2.11. The first-order valence-corrected chi connectivity index (χ1v) is 8.85. The van der Waals surface area contributed by atoms with Gasteiger partial charge in [0.05, 0.1) is 22.7 Å². The van der Waals surface area contributed by atoms with Crippen molar-refractivity contribution in [2.75, 3.05) is 11.1 Å². The zero-order valence-corrected chi connectivity index (χ0v) is 15.0. The van der Waals surface area contributed by atoms with Crippen molar-refractivity contribution in [2.45, 2.75) is 5.22 Å². The Kier molecular flexibility index (Phi) is 5.63. The van der Waals surface area contributed by atoms with E-state index in [1.807, 2.05) is 12.1 Å². The van der Waals surface area contributed by atoms with Crippen molar-refractivity contribution >= 4 is 46.6 Å². The van der Waals surface area contributed by atoms with E-state index in [0.717, 1.165) is 23.4 Å². The van der Waals surface area contributed by atoms with Gasteiger partial charge in [-0.1, -0.05) is 35.0 Å². The van der Waals surface area contributed by atoms with Crippen LogP contribution in [0.15, 0.2) is 58.3 Å². The molecule has 128 valence electrons. The fourth-order valence-electron chi connectivity index (χ4n) is 1.98. The molecule has 1 heterocycles. The number of amides is 1. The topological polar surface area (TPSA) is 55.1 Å². The van der Waals surface area contributed by atoms with E-state index < -0.39 is 5.82 Å². The molecule has 0 radical (unpaired) electrons. The molecule has 0 aliphatic rings. The van der Waals surface area contributed by atoms with Crippen LogP contribution in [0.25, 0.3) is 11.3 Å². The van der Waals surface area contributed by atoms with Crippen LogP contribution in [0, 0.1) is 5.82 Å². The van der Waals surface area contributed by atoms with Gasteiger partial charge >= 0.3 is 0 Å². The van der Waals surface area contributed by atoms with E-state index in [2.05, 4.69) is 10.3 Å². The van der Waals surface area contributed by atoms with E-state index in [-0.39, 0.29) is 16.7 Å². The van der Waals surface area contributed by atoms with Crippen LogP contribution in [0.5, 0.6) is 0 Å². The number of hydrogen-bond acceptors (Lipinski definition) is 4. The zero-order chi connectivity index (χ0) is 17.8. The van der Waals surface area contributed by atoms with Gasteiger partial charge in [-0.15, -0.1) is 0 Å². The number of aromatic nitrogens is 1. The predicted molar refractivity (Wildman–Crippen MR) is 97.7 cm³/mol. The molecule has 3 rings (SSSR count). The number of hydrogen-bond donors (Lipinski definition) is 1. The summed E-state index contributed by atoms with van der Waals surface area (Å²) in [5, 5.41) is 3.75. The maximum atomic E-state index is 13.0. The summed E-state index contributed by atoms with van der Waals surface area (Å²) in [5.74, 6) is -0.105. The molecular weight excluding hydrogens is 386 g/mol. The van der Waals surface area contributed by atoms with Crippen molar-refractivity contribution in [2.24, 2.45) is 0 Å². The second kappa shape index (κ2) is 7.91. The number of halogens is 3. The molecule has 2 aromatic carbocycles. The number of nitrogens with zero attached hydrogens (tertiary/aromatic N) is 1. The summed E-state index contributed by atoms with van der Waals surface area (Å²) < 4.78 is 18.6. The van der Waals surface area contributed by atoms with Crippen LogP contribution in [-0.4, -0.2) is 16.6 Å². The lowest BCUT2D eigenvalue weighted by Gasteiger charge is -2.06. The van der Waals surface area contributed by atoms with E-state index in [4.69, 9.17) is 27.6 Å². The minimum absolute atomic E-state index is 0.0777. The second-order valence-corrected chi connectivity index (χ2v) is 6.73. The largest absolute Gasteiger partial charge is 0.431 e. The molecule has 0 bridgehead atoms. The molecule has 25 heavy (non-hydrogen) atoms. The van der Waals surface area contributed by atoms with Crippen molar-refractivity contribution < 1.29 is 13.6 Å². The molecule has 0 spiro atoms. The molecule has 0 aliphatic carbocycles. The fraction of sp³-hybridized carbons (Fsp3) is 0.0588. The monoisotopic (exact) mass is 396 g/mol. The number of benzene rings is 2. The highest BCUT2D eigenvalue weighted by molar-refractivity contribution is 7.99. The van der Waals surface area contributed by atoms with Gasteiger partial charge in [0.2, 0.25) is 5.91 Å². The summed E-state index contributed by atoms with van der Waals surface area (Å²) in [7, 11) is 0. The third-order valence-corrected chi connectivity index (χ3v) is 4.55. The molecule has 0 atom stereocenters. The number of carbonyl (C=O) groups excluding carboxylic acids is 1. The van der Waals surface area contributed by atoms with Crippen LogP contribution >= 0.6 is 35.0 Å². The van der Waals surface area contributed by atoms with Crippen LogP contribution in [0.4, 0.5) is 10.1 Å². The molecule has 3 aromatic rings. The molecule has 0 saturated heterocycles. The van der Waals surface area contributed by atoms with Gasteiger partial charge in [0.1, 0.15) is 5.82 Å². The smallest absolute Gasteiger partial charge is 0.256 e. The first-order valence-electron chi connectivity index (χ1n) is 7.11. The molecule has 1 N–H and O–H groups in total. The maximum absolute atomic E-state index is 13.0. The highest BCUT2D eigenvalue weighted by atomic mass is 35.5. The first kappa shape index (κ1) is 17.8. The lowest BCUT2D eigenvalue weighted by Crippen LogP contribution is -2.14. The Morgan fingerprint density at radius 2 is 1.96 bits per heavy atom. The van der Waals surface area contributed by atoms with Gasteiger partial charge in [0.25, 0.3) is 5.22 Å². The average Bonchev–Trinajstić information content (AvgIpc) is 3.05. The van der Waals surface area contributed by atoms with Gasteiger partial charge in [-0.05, 0) is 42.5 Å². The number of rotatable bonds is 5. The molecule has 0 unspecified atom stereocenters. The van der Waals surface area contributed by atoms with Gasteiger partial charge in [-0.3, -0.25) is 4.79 Å².